The van der Waals surface area contributed by atoms with Crippen LogP contribution in [0.3, 0.4) is 0 Å². The van der Waals surface area contributed by atoms with E-state index in [0.717, 1.165) is 16.9 Å². The maximum absolute atomic E-state index is 4.42. The summed E-state index contributed by atoms with van der Waals surface area (Å²) in [5.74, 6) is 0. The molecule has 1 unspecified atom stereocenters. The van der Waals surface area contributed by atoms with Crippen LogP contribution in [-0.2, 0) is 6.54 Å². The van der Waals surface area contributed by atoms with Gasteiger partial charge in [0.2, 0.25) is 0 Å². The Hall–Kier alpha value is 0.0700. The van der Waals surface area contributed by atoms with Crippen molar-refractivity contribution in [3.63, 3.8) is 0 Å². The molecule has 0 saturated carbocycles. The van der Waals surface area contributed by atoms with Gasteiger partial charge < -0.3 is 5.32 Å². The van der Waals surface area contributed by atoms with Gasteiger partial charge in [0, 0.05) is 23.3 Å². The molecule has 80 valence electrons. The van der Waals surface area contributed by atoms with Crippen molar-refractivity contribution in [1.29, 1.82) is 0 Å². The molecule has 1 aromatic rings. The average molecular weight is 277 g/mol. The molecule has 0 amide bonds. The Morgan fingerprint density at radius 1 is 1.64 bits per heavy atom. The Morgan fingerprint density at radius 3 is 2.93 bits per heavy atom. The Labute approximate surface area is 98.3 Å². The minimum absolute atomic E-state index is 0.608. The SMILES string of the molecule is CCC(CCBr)NCc1csc(C)n1. The highest BCUT2D eigenvalue weighted by Gasteiger charge is 2.05. The third-order valence-electron chi connectivity index (χ3n) is 2.19. The van der Waals surface area contributed by atoms with Crippen LogP contribution in [0.4, 0.5) is 0 Å². The van der Waals surface area contributed by atoms with Crippen molar-refractivity contribution in [3.8, 4) is 0 Å². The lowest BCUT2D eigenvalue weighted by molar-refractivity contribution is 0.485. The number of rotatable bonds is 6. The van der Waals surface area contributed by atoms with Crippen LogP contribution in [0.2, 0.25) is 0 Å². The fraction of sp³-hybridized carbons (Fsp3) is 0.700. The van der Waals surface area contributed by atoms with Crippen molar-refractivity contribution in [1.82, 2.24) is 10.3 Å². The lowest BCUT2D eigenvalue weighted by Gasteiger charge is -2.14. The van der Waals surface area contributed by atoms with Crippen LogP contribution >= 0.6 is 27.3 Å². The fourth-order valence-corrected chi connectivity index (χ4v) is 2.49. The van der Waals surface area contributed by atoms with Gasteiger partial charge in [0.15, 0.2) is 0 Å². The first-order chi connectivity index (χ1) is 6.76. The summed E-state index contributed by atoms with van der Waals surface area (Å²) in [6.07, 6.45) is 2.36. The van der Waals surface area contributed by atoms with Gasteiger partial charge >= 0.3 is 0 Å². The van der Waals surface area contributed by atoms with Crippen molar-refractivity contribution >= 4 is 27.3 Å². The molecule has 1 rings (SSSR count). The summed E-state index contributed by atoms with van der Waals surface area (Å²) in [5.41, 5.74) is 1.17. The number of halogens is 1. The van der Waals surface area contributed by atoms with Crippen LogP contribution in [0, 0.1) is 6.92 Å². The molecule has 2 nitrogen and oxygen atoms in total. The number of hydrogen-bond acceptors (Lipinski definition) is 3. The number of thiazole rings is 1. The van der Waals surface area contributed by atoms with Crippen molar-refractivity contribution in [2.45, 2.75) is 39.3 Å². The van der Waals surface area contributed by atoms with Gasteiger partial charge in [-0.2, -0.15) is 0 Å². The van der Waals surface area contributed by atoms with Gasteiger partial charge in [-0.15, -0.1) is 11.3 Å². The van der Waals surface area contributed by atoms with E-state index in [9.17, 15) is 0 Å². The zero-order chi connectivity index (χ0) is 10.4. The van der Waals surface area contributed by atoms with Gasteiger partial charge in [-0.1, -0.05) is 22.9 Å². The van der Waals surface area contributed by atoms with Crippen LogP contribution in [0.5, 0.6) is 0 Å². The third-order valence-corrected chi connectivity index (χ3v) is 3.47. The number of aryl methyl sites for hydroxylation is 1. The highest BCUT2D eigenvalue weighted by atomic mass is 79.9. The first kappa shape index (κ1) is 12.1. The Kier molecular flexibility index (Phi) is 5.67. The molecule has 0 fully saturated rings. The molecule has 1 heterocycles. The first-order valence-corrected chi connectivity index (χ1v) is 6.96. The predicted octanol–water partition coefficient (Wildman–Crippen LogP) is 3.10. The molecule has 1 aromatic heterocycles. The molecule has 0 aromatic carbocycles. The molecule has 0 saturated heterocycles. The molecular formula is C10H17BrN2S. The van der Waals surface area contributed by atoms with Gasteiger partial charge in [0.05, 0.1) is 10.7 Å². The van der Waals surface area contributed by atoms with Crippen LogP contribution in [0.25, 0.3) is 0 Å². The second kappa shape index (κ2) is 6.53. The minimum atomic E-state index is 0.608. The lowest BCUT2D eigenvalue weighted by atomic mass is 10.2. The third kappa shape index (κ3) is 4.07. The Bertz CT molecular complexity index is 262. The summed E-state index contributed by atoms with van der Waals surface area (Å²) in [6, 6.07) is 0.608. The highest BCUT2D eigenvalue weighted by molar-refractivity contribution is 9.09. The summed E-state index contributed by atoms with van der Waals surface area (Å²) in [4.78, 5) is 4.42. The molecule has 1 atom stereocenters. The molecule has 0 aliphatic rings. The van der Waals surface area contributed by atoms with E-state index in [-0.39, 0.29) is 0 Å². The number of nitrogens with zero attached hydrogens (tertiary/aromatic N) is 1. The molecular weight excluding hydrogens is 260 g/mol. The Morgan fingerprint density at radius 2 is 2.43 bits per heavy atom. The molecule has 0 spiro atoms. The topological polar surface area (TPSA) is 24.9 Å². The van der Waals surface area contributed by atoms with Gasteiger partial charge in [0.1, 0.15) is 0 Å². The van der Waals surface area contributed by atoms with Gasteiger partial charge in [-0.3, -0.25) is 0 Å². The summed E-state index contributed by atoms with van der Waals surface area (Å²) >= 11 is 5.18. The lowest BCUT2D eigenvalue weighted by Crippen LogP contribution is -2.28. The van der Waals surface area contributed by atoms with Crippen molar-refractivity contribution in [3.05, 3.63) is 16.1 Å². The van der Waals surface area contributed by atoms with Crippen LogP contribution < -0.4 is 5.32 Å². The van der Waals surface area contributed by atoms with E-state index in [1.54, 1.807) is 11.3 Å². The second-order valence-corrected chi connectivity index (χ2v) is 5.18. The summed E-state index contributed by atoms with van der Waals surface area (Å²) in [5, 5.41) is 7.85. The number of aromatic nitrogens is 1. The molecule has 0 radical (unpaired) electrons. The van der Waals surface area contributed by atoms with Crippen LogP contribution in [0.1, 0.15) is 30.5 Å². The molecule has 0 aliphatic carbocycles. The van der Waals surface area contributed by atoms with E-state index < -0.39 is 0 Å². The average Bonchev–Trinajstić information content (AvgIpc) is 2.59. The van der Waals surface area contributed by atoms with Crippen molar-refractivity contribution < 1.29 is 0 Å². The zero-order valence-electron chi connectivity index (χ0n) is 8.72. The molecule has 14 heavy (non-hydrogen) atoms. The number of hydrogen-bond donors (Lipinski definition) is 1. The summed E-state index contributed by atoms with van der Waals surface area (Å²) in [6.45, 7) is 5.16. The minimum Gasteiger partial charge on any atom is -0.308 e. The maximum Gasteiger partial charge on any atom is 0.0897 e. The Balaban J connectivity index is 2.31. The van der Waals surface area contributed by atoms with E-state index >= 15 is 0 Å². The molecule has 1 N–H and O–H groups in total. The van der Waals surface area contributed by atoms with Crippen LogP contribution in [-0.4, -0.2) is 16.4 Å². The second-order valence-electron chi connectivity index (χ2n) is 3.32. The van der Waals surface area contributed by atoms with E-state index in [0.29, 0.717) is 6.04 Å². The van der Waals surface area contributed by atoms with E-state index in [4.69, 9.17) is 0 Å². The normalized spacial score (nSPS) is 13.1. The van der Waals surface area contributed by atoms with E-state index in [1.165, 1.54) is 18.5 Å². The number of nitrogens with one attached hydrogen (secondary N) is 1. The van der Waals surface area contributed by atoms with Gasteiger partial charge in [-0.25, -0.2) is 4.98 Å². The highest BCUT2D eigenvalue weighted by Crippen LogP contribution is 2.08. The summed E-state index contributed by atoms with van der Waals surface area (Å²) < 4.78 is 0. The maximum atomic E-state index is 4.42. The van der Waals surface area contributed by atoms with Gasteiger partial charge in [0.25, 0.3) is 0 Å². The van der Waals surface area contributed by atoms with E-state index in [1.807, 2.05) is 6.92 Å². The molecule has 0 aliphatic heterocycles. The van der Waals surface area contributed by atoms with Crippen molar-refractivity contribution in [2.75, 3.05) is 5.33 Å². The predicted molar refractivity (Wildman–Crippen MR) is 66.2 cm³/mol. The quantitative estimate of drug-likeness (QED) is 0.808. The number of alkyl halides is 1. The monoisotopic (exact) mass is 276 g/mol. The smallest absolute Gasteiger partial charge is 0.0897 e. The van der Waals surface area contributed by atoms with Crippen LogP contribution in [0.15, 0.2) is 5.38 Å². The fourth-order valence-electron chi connectivity index (χ4n) is 1.32. The van der Waals surface area contributed by atoms with Gasteiger partial charge in [-0.05, 0) is 19.8 Å². The zero-order valence-corrected chi connectivity index (χ0v) is 11.1. The molecule has 4 heteroatoms. The first-order valence-electron chi connectivity index (χ1n) is 4.96. The largest absolute Gasteiger partial charge is 0.308 e. The summed E-state index contributed by atoms with van der Waals surface area (Å²) in [7, 11) is 0. The van der Waals surface area contributed by atoms with E-state index in [2.05, 4.69) is 38.5 Å². The van der Waals surface area contributed by atoms with Crippen molar-refractivity contribution in [2.24, 2.45) is 0 Å². The molecule has 0 bridgehead atoms. The standard InChI is InChI=1S/C10H17BrN2S/c1-3-9(4-5-11)12-6-10-7-14-8(2)13-10/h7,9,12H,3-6H2,1-2H3.